The molecule has 1 saturated heterocycles. The highest BCUT2D eigenvalue weighted by molar-refractivity contribution is 9.10. The third-order valence-electron chi connectivity index (χ3n) is 3.53. The molecule has 1 aromatic carbocycles. The van der Waals surface area contributed by atoms with Crippen molar-refractivity contribution in [2.75, 3.05) is 12.3 Å². The Bertz CT molecular complexity index is 615. The fraction of sp³-hybridized carbons (Fsp3) is 0.462. The van der Waals surface area contributed by atoms with Crippen LogP contribution in [0.1, 0.15) is 25.8 Å². The Hall–Kier alpha value is -1.47. The first kappa shape index (κ1) is 13.5. The largest absolute Gasteiger partial charge is 0.399 e. The summed E-state index contributed by atoms with van der Waals surface area (Å²) < 4.78 is 8.40. The average molecular weight is 338 g/mol. The number of aromatic nitrogens is 4. The summed E-state index contributed by atoms with van der Waals surface area (Å²) in [6.45, 7) is 2.82. The fourth-order valence-electron chi connectivity index (χ4n) is 2.53. The molecule has 7 heteroatoms. The Labute approximate surface area is 125 Å². The topological polar surface area (TPSA) is 78.9 Å². The van der Waals surface area contributed by atoms with Crippen LogP contribution in [0.5, 0.6) is 0 Å². The zero-order valence-corrected chi connectivity index (χ0v) is 12.7. The van der Waals surface area contributed by atoms with E-state index in [1.54, 1.807) is 0 Å². The number of rotatable bonds is 2. The average Bonchev–Trinajstić information content (AvgIpc) is 2.90. The number of nitrogens with zero attached hydrogens (tertiary/aromatic N) is 4. The molecule has 1 fully saturated rings. The van der Waals surface area contributed by atoms with Gasteiger partial charge in [-0.15, -0.1) is 5.10 Å². The smallest absolute Gasteiger partial charge is 0.183 e. The molecule has 20 heavy (non-hydrogen) atoms. The third kappa shape index (κ3) is 2.55. The number of benzene rings is 1. The van der Waals surface area contributed by atoms with Crippen molar-refractivity contribution in [3.8, 4) is 11.4 Å². The zero-order valence-electron chi connectivity index (χ0n) is 11.2. The summed E-state index contributed by atoms with van der Waals surface area (Å²) in [5.74, 6) is 0.739. The molecular formula is C13H16BrN5O. The van der Waals surface area contributed by atoms with Gasteiger partial charge in [-0.3, -0.25) is 0 Å². The molecule has 2 aromatic rings. The molecule has 1 aliphatic heterocycles. The van der Waals surface area contributed by atoms with E-state index in [9.17, 15) is 0 Å². The summed E-state index contributed by atoms with van der Waals surface area (Å²) in [6.07, 6.45) is 2.07. The van der Waals surface area contributed by atoms with Gasteiger partial charge in [-0.1, -0.05) is 15.9 Å². The van der Waals surface area contributed by atoms with Crippen molar-refractivity contribution in [2.24, 2.45) is 0 Å². The molecule has 2 heterocycles. The Morgan fingerprint density at radius 2 is 2.30 bits per heavy atom. The third-order valence-corrected chi connectivity index (χ3v) is 4.22. The molecule has 0 aliphatic carbocycles. The Morgan fingerprint density at radius 3 is 3.10 bits per heavy atom. The molecule has 1 aliphatic rings. The molecule has 106 valence electrons. The summed E-state index contributed by atoms with van der Waals surface area (Å²) in [7, 11) is 0. The van der Waals surface area contributed by atoms with Gasteiger partial charge in [0.2, 0.25) is 0 Å². The van der Waals surface area contributed by atoms with Crippen molar-refractivity contribution in [3.63, 3.8) is 0 Å². The molecule has 0 radical (unpaired) electrons. The van der Waals surface area contributed by atoms with Crippen LogP contribution in [0.15, 0.2) is 22.7 Å². The quantitative estimate of drug-likeness (QED) is 0.851. The van der Waals surface area contributed by atoms with Crippen LogP contribution in [0.2, 0.25) is 0 Å². The minimum absolute atomic E-state index is 0.232. The molecule has 0 spiro atoms. The van der Waals surface area contributed by atoms with E-state index >= 15 is 0 Å². The van der Waals surface area contributed by atoms with Crippen molar-refractivity contribution >= 4 is 21.6 Å². The molecule has 0 saturated carbocycles. The van der Waals surface area contributed by atoms with E-state index in [0.717, 1.165) is 35.3 Å². The van der Waals surface area contributed by atoms with Crippen molar-refractivity contribution in [1.29, 1.82) is 0 Å². The summed E-state index contributed by atoms with van der Waals surface area (Å²) in [4.78, 5) is 0. The Kier molecular flexibility index (Phi) is 3.71. The van der Waals surface area contributed by atoms with E-state index in [1.165, 1.54) is 0 Å². The molecule has 0 amide bonds. The molecule has 2 unspecified atom stereocenters. The molecule has 2 N–H and O–H groups in total. The second-order valence-electron chi connectivity index (χ2n) is 5.05. The van der Waals surface area contributed by atoms with Crippen LogP contribution in [0.3, 0.4) is 0 Å². The van der Waals surface area contributed by atoms with Gasteiger partial charge in [-0.05, 0) is 48.4 Å². The highest BCUT2D eigenvalue weighted by atomic mass is 79.9. The summed E-state index contributed by atoms with van der Waals surface area (Å²) in [5, 5.41) is 12.2. The number of hydrogen-bond donors (Lipinski definition) is 1. The summed E-state index contributed by atoms with van der Waals surface area (Å²) in [5.41, 5.74) is 7.47. The van der Waals surface area contributed by atoms with Gasteiger partial charge in [0.25, 0.3) is 0 Å². The maximum Gasteiger partial charge on any atom is 0.183 e. The van der Waals surface area contributed by atoms with E-state index in [-0.39, 0.29) is 12.1 Å². The molecule has 6 nitrogen and oxygen atoms in total. The highest BCUT2D eigenvalue weighted by Crippen LogP contribution is 2.32. The summed E-state index contributed by atoms with van der Waals surface area (Å²) >= 11 is 3.53. The van der Waals surface area contributed by atoms with Gasteiger partial charge in [0.05, 0.1) is 12.1 Å². The van der Waals surface area contributed by atoms with Crippen LogP contribution in [0, 0.1) is 0 Å². The number of hydrogen-bond acceptors (Lipinski definition) is 5. The monoisotopic (exact) mass is 337 g/mol. The molecular weight excluding hydrogens is 322 g/mol. The van der Waals surface area contributed by atoms with Crippen LogP contribution < -0.4 is 5.73 Å². The number of halogens is 1. The van der Waals surface area contributed by atoms with Gasteiger partial charge >= 0.3 is 0 Å². The van der Waals surface area contributed by atoms with Crippen LogP contribution in [0.4, 0.5) is 5.69 Å². The number of tetrazole rings is 1. The van der Waals surface area contributed by atoms with Crippen molar-refractivity contribution in [1.82, 2.24) is 20.2 Å². The van der Waals surface area contributed by atoms with E-state index in [1.807, 2.05) is 22.9 Å². The Morgan fingerprint density at radius 1 is 1.45 bits per heavy atom. The minimum atomic E-state index is 0.232. The zero-order chi connectivity index (χ0) is 14.1. The summed E-state index contributed by atoms with van der Waals surface area (Å²) in [6, 6.07) is 5.90. The standard InChI is InChI=1S/C13H16BrN5O/c1-8-6-10(4-5-20-8)19-13(16-17-18-19)11-7-9(15)2-3-12(11)14/h2-3,7-8,10H,4-6,15H2,1H3. The highest BCUT2D eigenvalue weighted by Gasteiger charge is 2.25. The van der Waals surface area contributed by atoms with Gasteiger partial charge < -0.3 is 10.5 Å². The maximum atomic E-state index is 5.87. The van der Waals surface area contributed by atoms with Crippen LogP contribution in [-0.4, -0.2) is 32.9 Å². The van der Waals surface area contributed by atoms with Gasteiger partial charge in [0.15, 0.2) is 5.82 Å². The normalized spacial score (nSPS) is 22.9. The predicted molar refractivity (Wildman–Crippen MR) is 79.1 cm³/mol. The molecule has 3 rings (SSSR count). The fourth-order valence-corrected chi connectivity index (χ4v) is 2.95. The number of ether oxygens (including phenoxy) is 1. The van der Waals surface area contributed by atoms with Gasteiger partial charge in [0, 0.05) is 22.3 Å². The first-order valence-corrected chi connectivity index (χ1v) is 7.39. The van der Waals surface area contributed by atoms with Crippen molar-refractivity contribution in [2.45, 2.75) is 31.9 Å². The lowest BCUT2D eigenvalue weighted by atomic mass is 10.0. The predicted octanol–water partition coefficient (Wildman–Crippen LogP) is 2.42. The van der Waals surface area contributed by atoms with Crippen molar-refractivity contribution in [3.05, 3.63) is 22.7 Å². The van der Waals surface area contributed by atoms with E-state index in [0.29, 0.717) is 5.69 Å². The number of anilines is 1. The molecule has 2 atom stereocenters. The van der Waals surface area contributed by atoms with E-state index < -0.39 is 0 Å². The molecule has 1 aromatic heterocycles. The first-order valence-electron chi connectivity index (χ1n) is 6.60. The lowest BCUT2D eigenvalue weighted by Crippen LogP contribution is -2.26. The number of nitrogen functional groups attached to an aromatic ring is 1. The van der Waals surface area contributed by atoms with Crippen LogP contribution >= 0.6 is 15.9 Å². The van der Waals surface area contributed by atoms with E-state index in [4.69, 9.17) is 10.5 Å². The first-order chi connectivity index (χ1) is 9.65. The maximum absolute atomic E-state index is 5.87. The number of nitrogens with two attached hydrogens (primary N) is 1. The second kappa shape index (κ2) is 5.49. The second-order valence-corrected chi connectivity index (χ2v) is 5.90. The molecule has 0 bridgehead atoms. The van der Waals surface area contributed by atoms with Gasteiger partial charge in [-0.2, -0.15) is 0 Å². The lowest BCUT2D eigenvalue weighted by molar-refractivity contribution is 0.00350. The SMILES string of the molecule is CC1CC(n2nnnc2-c2cc(N)ccc2Br)CCO1. The Balaban J connectivity index is 1.99. The van der Waals surface area contributed by atoms with E-state index in [2.05, 4.69) is 38.4 Å². The van der Waals surface area contributed by atoms with Crippen molar-refractivity contribution < 1.29 is 4.74 Å². The minimum Gasteiger partial charge on any atom is -0.399 e. The van der Waals surface area contributed by atoms with Gasteiger partial charge in [0.1, 0.15) is 0 Å². The van der Waals surface area contributed by atoms with Crippen LogP contribution in [0.25, 0.3) is 11.4 Å². The van der Waals surface area contributed by atoms with Gasteiger partial charge in [-0.25, -0.2) is 4.68 Å². The lowest BCUT2D eigenvalue weighted by Gasteiger charge is -2.27. The van der Waals surface area contributed by atoms with Crippen LogP contribution in [-0.2, 0) is 4.74 Å².